The third-order valence-electron chi connectivity index (χ3n) is 4.35. The van der Waals surface area contributed by atoms with Crippen molar-refractivity contribution in [1.29, 1.82) is 0 Å². The van der Waals surface area contributed by atoms with E-state index in [0.29, 0.717) is 46.4 Å². The Balaban J connectivity index is 1.20. The van der Waals surface area contributed by atoms with Gasteiger partial charge in [0.15, 0.2) is 15.8 Å². The van der Waals surface area contributed by atoms with Gasteiger partial charge in [-0.3, -0.25) is 10.1 Å². The van der Waals surface area contributed by atoms with Crippen molar-refractivity contribution in [3.05, 3.63) is 53.8 Å². The molecule has 33 heavy (non-hydrogen) atoms. The van der Waals surface area contributed by atoms with Crippen LogP contribution in [0.4, 0.5) is 20.0 Å². The van der Waals surface area contributed by atoms with Crippen LogP contribution < -0.4 is 25.4 Å². The number of hydrogen-bond donors (Lipinski definition) is 3. The minimum absolute atomic E-state index is 0.00115. The summed E-state index contributed by atoms with van der Waals surface area (Å²) in [7, 11) is 0. The van der Waals surface area contributed by atoms with Gasteiger partial charge in [0.1, 0.15) is 5.82 Å². The fraction of sp³-hybridized carbons (Fsp3) is 0.238. The number of urea groups is 1. The third kappa shape index (κ3) is 6.80. The number of rotatable bonds is 7. The predicted octanol–water partition coefficient (Wildman–Crippen LogP) is 3.89. The smallest absolute Gasteiger partial charge is 0.325 e. The maximum atomic E-state index is 13.0. The molecule has 12 heteroatoms. The molecule has 3 N–H and O–H groups in total. The number of carbonyl (C=O) groups excluding carboxylic acids is 2. The van der Waals surface area contributed by atoms with Crippen molar-refractivity contribution in [2.24, 2.45) is 0 Å². The highest BCUT2D eigenvalue weighted by Gasteiger charge is 2.14. The largest absolute Gasteiger partial charge is 0.490 e. The Hall–Kier alpha value is -3.38. The van der Waals surface area contributed by atoms with Gasteiger partial charge in [-0.05, 0) is 29.8 Å². The lowest BCUT2D eigenvalue weighted by atomic mass is 10.2. The minimum atomic E-state index is -0.644. The van der Waals surface area contributed by atoms with Crippen molar-refractivity contribution in [3.63, 3.8) is 0 Å². The number of anilines is 2. The molecule has 172 valence electrons. The zero-order chi connectivity index (χ0) is 23.0. The lowest BCUT2D eigenvalue weighted by Gasteiger charge is -2.10. The topological polar surface area (TPSA) is 114 Å². The maximum absolute atomic E-state index is 13.0. The van der Waals surface area contributed by atoms with Gasteiger partial charge < -0.3 is 20.1 Å². The molecule has 2 heterocycles. The van der Waals surface area contributed by atoms with Gasteiger partial charge >= 0.3 is 6.03 Å². The van der Waals surface area contributed by atoms with Gasteiger partial charge in [0.25, 0.3) is 0 Å². The number of halogens is 1. The number of amides is 3. The molecule has 0 fully saturated rings. The summed E-state index contributed by atoms with van der Waals surface area (Å²) in [6.07, 6.45) is 0.782. The highest BCUT2D eigenvalue weighted by atomic mass is 32.2. The second-order valence-corrected chi connectivity index (χ2v) is 9.06. The van der Waals surface area contributed by atoms with E-state index in [4.69, 9.17) is 9.47 Å². The average Bonchev–Trinajstić information content (AvgIpc) is 3.13. The van der Waals surface area contributed by atoms with Crippen molar-refractivity contribution in [2.75, 3.05) is 29.6 Å². The van der Waals surface area contributed by atoms with E-state index in [1.165, 1.54) is 35.2 Å². The molecule has 0 radical (unpaired) electrons. The standard InChI is InChI=1S/C21H20FN5O4S2/c22-14-4-2-13(3-5-14)11-23-20-26-27-21(33-20)32-12-18(28)25-19(29)24-15-6-7-16-17(10-15)31-9-1-8-30-16/h2-7,10H,1,8-9,11-12H2,(H,23,26)(H2,24,25,28,29). The number of fused-ring (bicyclic) bond motifs is 1. The normalized spacial score (nSPS) is 12.5. The summed E-state index contributed by atoms with van der Waals surface area (Å²) in [5.74, 6) is 0.410. The maximum Gasteiger partial charge on any atom is 0.325 e. The first kappa shape index (κ1) is 22.8. The zero-order valence-electron chi connectivity index (χ0n) is 17.3. The molecule has 0 aliphatic carbocycles. The van der Waals surface area contributed by atoms with Gasteiger partial charge in [-0.2, -0.15) is 0 Å². The second-order valence-electron chi connectivity index (χ2n) is 6.86. The first-order chi connectivity index (χ1) is 16.0. The minimum Gasteiger partial charge on any atom is -0.490 e. The third-order valence-corrected chi connectivity index (χ3v) is 6.36. The van der Waals surface area contributed by atoms with Crippen LogP contribution in [0, 0.1) is 5.82 Å². The molecule has 0 spiro atoms. The molecule has 1 aliphatic rings. The van der Waals surface area contributed by atoms with E-state index in [9.17, 15) is 14.0 Å². The highest BCUT2D eigenvalue weighted by Crippen LogP contribution is 2.32. The molecular weight excluding hydrogens is 469 g/mol. The Morgan fingerprint density at radius 2 is 1.85 bits per heavy atom. The molecule has 0 unspecified atom stereocenters. The van der Waals surface area contributed by atoms with Gasteiger partial charge in [-0.1, -0.05) is 35.2 Å². The van der Waals surface area contributed by atoms with E-state index in [-0.39, 0.29) is 11.6 Å². The molecule has 0 saturated heterocycles. The molecule has 3 aromatic rings. The van der Waals surface area contributed by atoms with Gasteiger partial charge in [-0.15, -0.1) is 10.2 Å². The average molecular weight is 490 g/mol. The van der Waals surface area contributed by atoms with Crippen molar-refractivity contribution >= 4 is 45.9 Å². The van der Waals surface area contributed by atoms with Gasteiger partial charge in [0, 0.05) is 24.7 Å². The first-order valence-electron chi connectivity index (χ1n) is 10.0. The molecule has 4 rings (SSSR count). The SMILES string of the molecule is O=C(CSc1nnc(NCc2ccc(F)cc2)s1)NC(=O)Nc1ccc2c(c1)OCCCO2. The second kappa shape index (κ2) is 11.0. The number of hydrogen-bond acceptors (Lipinski definition) is 9. The van der Waals surface area contributed by atoms with Crippen LogP contribution in [0.15, 0.2) is 46.8 Å². The van der Waals surface area contributed by atoms with Crippen molar-refractivity contribution in [2.45, 2.75) is 17.3 Å². The summed E-state index contributed by atoms with van der Waals surface area (Å²) in [5, 5.41) is 16.6. The van der Waals surface area contributed by atoms with Crippen LogP contribution in [0.5, 0.6) is 11.5 Å². The van der Waals surface area contributed by atoms with E-state index < -0.39 is 11.9 Å². The van der Waals surface area contributed by atoms with Gasteiger partial charge in [-0.25, -0.2) is 9.18 Å². The predicted molar refractivity (Wildman–Crippen MR) is 124 cm³/mol. The molecule has 1 aromatic heterocycles. The van der Waals surface area contributed by atoms with Crippen LogP contribution in [0.3, 0.4) is 0 Å². The van der Waals surface area contributed by atoms with E-state index in [1.54, 1.807) is 30.3 Å². The van der Waals surface area contributed by atoms with E-state index in [2.05, 4.69) is 26.1 Å². The lowest BCUT2D eigenvalue weighted by molar-refractivity contribution is -0.117. The van der Waals surface area contributed by atoms with Crippen molar-refractivity contribution in [1.82, 2.24) is 15.5 Å². The summed E-state index contributed by atoms with van der Waals surface area (Å²) in [6, 6.07) is 10.5. The Kier molecular flexibility index (Phi) is 7.58. The molecule has 0 saturated carbocycles. The Bertz CT molecular complexity index is 1130. The monoisotopic (exact) mass is 489 g/mol. The number of carbonyl (C=O) groups is 2. The summed E-state index contributed by atoms with van der Waals surface area (Å²) >= 11 is 2.45. The lowest BCUT2D eigenvalue weighted by Crippen LogP contribution is -2.35. The number of ether oxygens (including phenoxy) is 2. The summed E-state index contributed by atoms with van der Waals surface area (Å²) in [6.45, 7) is 1.58. The quantitative estimate of drug-likeness (QED) is 0.428. The molecule has 0 bridgehead atoms. The molecule has 9 nitrogen and oxygen atoms in total. The van der Waals surface area contributed by atoms with E-state index >= 15 is 0 Å². The van der Waals surface area contributed by atoms with Gasteiger partial charge in [0.2, 0.25) is 11.0 Å². The number of imide groups is 1. The number of thioether (sulfide) groups is 1. The fourth-order valence-electron chi connectivity index (χ4n) is 2.81. The van der Waals surface area contributed by atoms with Crippen LogP contribution in [-0.2, 0) is 11.3 Å². The molecule has 2 aromatic carbocycles. The summed E-state index contributed by atoms with van der Waals surface area (Å²) in [4.78, 5) is 24.2. The van der Waals surface area contributed by atoms with Crippen molar-refractivity contribution < 1.29 is 23.5 Å². The molecule has 1 aliphatic heterocycles. The Morgan fingerprint density at radius 1 is 1.06 bits per heavy atom. The first-order valence-corrected chi connectivity index (χ1v) is 11.8. The molecule has 0 atom stereocenters. The summed E-state index contributed by atoms with van der Waals surface area (Å²) < 4.78 is 24.7. The van der Waals surface area contributed by atoms with E-state index in [1.807, 2.05) is 0 Å². The number of benzene rings is 2. The number of nitrogens with zero attached hydrogens (tertiary/aromatic N) is 2. The van der Waals surface area contributed by atoms with E-state index in [0.717, 1.165) is 12.0 Å². The van der Waals surface area contributed by atoms with Crippen LogP contribution >= 0.6 is 23.1 Å². The zero-order valence-corrected chi connectivity index (χ0v) is 18.9. The van der Waals surface area contributed by atoms with Crippen LogP contribution in [0.2, 0.25) is 0 Å². The van der Waals surface area contributed by atoms with Crippen LogP contribution in [-0.4, -0.2) is 41.1 Å². The highest BCUT2D eigenvalue weighted by molar-refractivity contribution is 8.01. The van der Waals surface area contributed by atoms with Crippen LogP contribution in [0.1, 0.15) is 12.0 Å². The Labute approximate surface area is 197 Å². The number of nitrogens with one attached hydrogen (secondary N) is 3. The molecule has 3 amide bonds. The Morgan fingerprint density at radius 3 is 2.67 bits per heavy atom. The summed E-state index contributed by atoms with van der Waals surface area (Å²) in [5.41, 5.74) is 1.39. The van der Waals surface area contributed by atoms with Crippen LogP contribution in [0.25, 0.3) is 0 Å². The number of aromatic nitrogens is 2. The van der Waals surface area contributed by atoms with Gasteiger partial charge in [0.05, 0.1) is 19.0 Å². The molecular formula is C21H20FN5O4S2. The fourth-order valence-corrected chi connectivity index (χ4v) is 4.36. The van der Waals surface area contributed by atoms with Crippen molar-refractivity contribution in [3.8, 4) is 11.5 Å².